The van der Waals surface area contributed by atoms with Crippen molar-refractivity contribution in [2.24, 2.45) is 5.10 Å². The SMILES string of the molecule is [CH2-]C(=O)NN=[C-]c1ccccc1.[Y]. The molecule has 1 aromatic carbocycles. The first kappa shape index (κ1) is 12.3. The van der Waals surface area contributed by atoms with Crippen molar-refractivity contribution in [3.63, 3.8) is 0 Å². The van der Waals surface area contributed by atoms with Gasteiger partial charge in [-0.3, -0.25) is 10.5 Å². The summed E-state index contributed by atoms with van der Waals surface area (Å²) < 4.78 is 0. The molecule has 3 nitrogen and oxygen atoms in total. The summed E-state index contributed by atoms with van der Waals surface area (Å²) in [7, 11) is 0. The molecule has 0 saturated heterocycles. The van der Waals surface area contributed by atoms with Crippen molar-refractivity contribution in [3.05, 3.63) is 42.8 Å². The van der Waals surface area contributed by atoms with Crippen LogP contribution < -0.4 is 5.43 Å². The van der Waals surface area contributed by atoms with E-state index in [-0.39, 0.29) is 32.7 Å². The van der Waals surface area contributed by atoms with Crippen LogP contribution in [0.15, 0.2) is 35.4 Å². The van der Waals surface area contributed by atoms with E-state index < -0.39 is 5.91 Å². The number of carbonyl (C=O) groups is 1. The summed E-state index contributed by atoms with van der Waals surface area (Å²) in [6.07, 6.45) is 2.63. The van der Waals surface area contributed by atoms with Crippen LogP contribution in [0.2, 0.25) is 0 Å². The van der Waals surface area contributed by atoms with E-state index in [0.717, 1.165) is 5.56 Å². The third-order valence-electron chi connectivity index (χ3n) is 1.14. The predicted octanol–water partition coefficient (Wildman–Crippen LogP) is 0.845. The Kier molecular flexibility index (Phi) is 6.46. The van der Waals surface area contributed by atoms with Crippen LogP contribution in [0.5, 0.6) is 0 Å². The summed E-state index contributed by atoms with van der Waals surface area (Å²) in [5, 5.41) is 3.53. The average Bonchev–Trinajstić information content (AvgIpc) is 2.05. The number of benzene rings is 1. The summed E-state index contributed by atoms with van der Waals surface area (Å²) in [4.78, 5) is 10.3. The van der Waals surface area contributed by atoms with Crippen molar-refractivity contribution in [1.82, 2.24) is 5.43 Å². The van der Waals surface area contributed by atoms with E-state index in [9.17, 15) is 4.79 Å². The van der Waals surface area contributed by atoms with Gasteiger partial charge in [0.25, 0.3) is 0 Å². The minimum atomic E-state index is -0.446. The average molecular weight is 249 g/mol. The Balaban J connectivity index is 0.00000144. The third kappa shape index (κ3) is 5.55. The Hall–Kier alpha value is -0.666. The van der Waals surface area contributed by atoms with Crippen LogP contribution in [0.25, 0.3) is 0 Å². The van der Waals surface area contributed by atoms with Gasteiger partial charge in [-0.15, -0.1) is 12.1 Å². The fraction of sp³-hybridized carbons (Fsp3) is 0. The molecule has 0 heterocycles. The van der Waals surface area contributed by atoms with Crippen LogP contribution in [0, 0.1) is 6.92 Å². The molecule has 0 aliphatic rings. The Morgan fingerprint density at radius 3 is 2.54 bits per heavy atom. The Labute approximate surface area is 102 Å². The van der Waals surface area contributed by atoms with Gasteiger partial charge in [0, 0.05) is 32.7 Å². The zero-order valence-electron chi connectivity index (χ0n) is 7.03. The number of nitrogens with zero attached hydrogens (tertiary/aromatic N) is 1. The third-order valence-corrected chi connectivity index (χ3v) is 1.14. The Morgan fingerprint density at radius 2 is 2.00 bits per heavy atom. The van der Waals surface area contributed by atoms with Gasteiger partial charge in [0.05, 0.1) is 5.91 Å². The minimum Gasteiger partial charge on any atom is -0.317 e. The Morgan fingerprint density at radius 1 is 1.38 bits per heavy atom. The van der Waals surface area contributed by atoms with Crippen LogP contribution in [0.4, 0.5) is 0 Å². The van der Waals surface area contributed by atoms with E-state index in [1.54, 1.807) is 0 Å². The first-order valence-corrected chi connectivity index (χ1v) is 3.42. The van der Waals surface area contributed by atoms with Crippen molar-refractivity contribution < 1.29 is 37.5 Å². The topological polar surface area (TPSA) is 41.5 Å². The van der Waals surface area contributed by atoms with Crippen LogP contribution in [0.1, 0.15) is 5.56 Å². The summed E-state index contributed by atoms with van der Waals surface area (Å²) in [6, 6.07) is 9.29. The predicted molar refractivity (Wildman–Crippen MR) is 46.5 cm³/mol. The molecule has 1 radical (unpaired) electrons. The quantitative estimate of drug-likeness (QED) is 0.471. The number of rotatable bonds is 2. The maximum atomic E-state index is 10.3. The van der Waals surface area contributed by atoms with Crippen LogP contribution in [-0.4, -0.2) is 12.1 Å². The molecular weight excluding hydrogens is 241 g/mol. The van der Waals surface area contributed by atoms with Crippen molar-refractivity contribution in [2.45, 2.75) is 0 Å². The van der Waals surface area contributed by atoms with Gasteiger partial charge in [0.15, 0.2) is 0 Å². The second-order valence-corrected chi connectivity index (χ2v) is 2.12. The summed E-state index contributed by atoms with van der Waals surface area (Å²) in [5.74, 6) is -0.446. The van der Waals surface area contributed by atoms with Crippen LogP contribution in [0.3, 0.4) is 0 Å². The van der Waals surface area contributed by atoms with Gasteiger partial charge in [0.2, 0.25) is 0 Å². The fourth-order valence-corrected chi connectivity index (χ4v) is 0.668. The molecule has 0 saturated carbocycles. The number of nitrogens with one attached hydrogen (secondary N) is 1. The van der Waals surface area contributed by atoms with E-state index >= 15 is 0 Å². The molecular formula is C9H8N2OY-2. The number of hydrogen-bond acceptors (Lipinski definition) is 2. The molecule has 13 heavy (non-hydrogen) atoms. The van der Waals surface area contributed by atoms with Gasteiger partial charge in [-0.05, 0) is 6.21 Å². The molecule has 65 valence electrons. The van der Waals surface area contributed by atoms with Gasteiger partial charge in [0.1, 0.15) is 0 Å². The molecule has 0 atom stereocenters. The standard InChI is InChI=1S/C9H8N2O.Y/c1-8(12)11-10-7-9-5-3-2-4-6-9;/h2-6H,1H2,(H,11,12);/q-2;. The first-order valence-electron chi connectivity index (χ1n) is 3.42. The van der Waals surface area contributed by atoms with Crippen molar-refractivity contribution in [2.75, 3.05) is 0 Å². The van der Waals surface area contributed by atoms with E-state index in [1.165, 1.54) is 0 Å². The number of amides is 1. The molecule has 1 N–H and O–H groups in total. The number of hydrazone groups is 1. The van der Waals surface area contributed by atoms with Gasteiger partial charge in [-0.25, -0.2) is 0 Å². The molecule has 1 amide bonds. The molecule has 0 aromatic heterocycles. The zero-order valence-corrected chi connectivity index (χ0v) is 9.86. The summed E-state index contributed by atoms with van der Waals surface area (Å²) in [5.41, 5.74) is 2.97. The maximum absolute atomic E-state index is 10.3. The van der Waals surface area contributed by atoms with Crippen molar-refractivity contribution in [1.29, 1.82) is 0 Å². The second-order valence-electron chi connectivity index (χ2n) is 2.12. The summed E-state index contributed by atoms with van der Waals surface area (Å²) >= 11 is 0. The molecule has 4 heteroatoms. The summed E-state index contributed by atoms with van der Waals surface area (Å²) in [6.45, 7) is 3.09. The largest absolute Gasteiger partial charge is 0.317 e. The van der Waals surface area contributed by atoms with Gasteiger partial charge in [-0.1, -0.05) is 6.07 Å². The Bertz CT molecular complexity index is 285. The van der Waals surface area contributed by atoms with E-state index in [2.05, 4.69) is 23.7 Å². The van der Waals surface area contributed by atoms with E-state index in [0.29, 0.717) is 0 Å². The molecule has 0 fully saturated rings. The monoisotopic (exact) mass is 249 g/mol. The minimum absolute atomic E-state index is 0. The van der Waals surface area contributed by atoms with Gasteiger partial charge < -0.3 is 11.7 Å². The van der Waals surface area contributed by atoms with E-state index in [4.69, 9.17) is 0 Å². The molecule has 0 unspecified atom stereocenters. The van der Waals surface area contributed by atoms with Crippen LogP contribution >= 0.6 is 0 Å². The number of carbonyl (C=O) groups excluding carboxylic acids is 1. The smallest absolute Gasteiger partial charge is 0.0997 e. The van der Waals surface area contributed by atoms with Crippen LogP contribution in [-0.2, 0) is 37.5 Å². The fourth-order valence-electron chi connectivity index (χ4n) is 0.668. The van der Waals surface area contributed by atoms with Crippen molar-refractivity contribution >= 4 is 12.1 Å². The zero-order chi connectivity index (χ0) is 8.81. The molecule has 0 aliphatic carbocycles. The first-order chi connectivity index (χ1) is 5.79. The molecule has 0 bridgehead atoms. The molecule has 1 aromatic rings. The second kappa shape index (κ2) is 6.81. The van der Waals surface area contributed by atoms with Crippen molar-refractivity contribution in [3.8, 4) is 0 Å². The maximum Gasteiger partial charge on any atom is 0.0997 e. The van der Waals surface area contributed by atoms with E-state index in [1.807, 2.05) is 30.3 Å². The number of hydrogen-bond donors (Lipinski definition) is 1. The van der Waals surface area contributed by atoms with Gasteiger partial charge >= 0.3 is 0 Å². The normalized spacial score (nSPS) is 9.23. The molecule has 1 rings (SSSR count). The van der Waals surface area contributed by atoms with Gasteiger partial charge in [-0.2, -0.15) is 17.7 Å². The molecule has 0 aliphatic heterocycles. The molecule has 0 spiro atoms.